The maximum atomic E-state index is 14.5. The van der Waals surface area contributed by atoms with Gasteiger partial charge in [-0.2, -0.15) is 0 Å². The summed E-state index contributed by atoms with van der Waals surface area (Å²) < 4.78 is 46.8. The van der Waals surface area contributed by atoms with Gasteiger partial charge in [0.2, 0.25) is 5.91 Å². The number of amides is 1. The Bertz CT molecular complexity index is 1120. The lowest BCUT2D eigenvalue weighted by Gasteiger charge is -2.25. The summed E-state index contributed by atoms with van der Waals surface area (Å²) in [7, 11) is -2.54. The first-order valence-electron chi connectivity index (χ1n) is 9.61. The van der Waals surface area contributed by atoms with Gasteiger partial charge in [0.25, 0.3) is 10.0 Å². The minimum Gasteiger partial charge on any atom is -0.497 e. The van der Waals surface area contributed by atoms with Crippen molar-refractivity contribution >= 4 is 33.0 Å². The van der Waals surface area contributed by atoms with E-state index in [4.69, 9.17) is 4.74 Å². The van der Waals surface area contributed by atoms with Gasteiger partial charge < -0.3 is 10.1 Å². The smallest absolute Gasteiger partial charge is 0.274 e. The fourth-order valence-electron chi connectivity index (χ4n) is 3.10. The van der Waals surface area contributed by atoms with Crippen molar-refractivity contribution in [3.05, 3.63) is 77.4 Å². The van der Waals surface area contributed by atoms with Gasteiger partial charge in [0.05, 0.1) is 18.8 Å². The number of para-hydroxylation sites is 1. The molecule has 1 N–H and O–H groups in total. The Morgan fingerprint density at radius 2 is 1.84 bits per heavy atom. The Hall–Kier alpha value is -2.91. The Kier molecular flexibility index (Phi) is 7.29. The van der Waals surface area contributed by atoms with Crippen molar-refractivity contribution in [1.29, 1.82) is 0 Å². The van der Waals surface area contributed by atoms with Crippen LogP contribution in [0.3, 0.4) is 0 Å². The summed E-state index contributed by atoms with van der Waals surface area (Å²) in [5.74, 6) is -0.568. The van der Waals surface area contributed by atoms with Crippen LogP contribution in [0.25, 0.3) is 0 Å². The maximum absolute atomic E-state index is 14.5. The van der Waals surface area contributed by atoms with Crippen LogP contribution in [0.15, 0.2) is 70.3 Å². The van der Waals surface area contributed by atoms with E-state index in [0.717, 1.165) is 27.3 Å². The lowest BCUT2D eigenvalue weighted by atomic mass is 10.0. The number of thiophene rings is 1. The topological polar surface area (TPSA) is 75.7 Å². The molecule has 1 atom stereocenters. The van der Waals surface area contributed by atoms with Gasteiger partial charge in [0, 0.05) is 0 Å². The Labute approximate surface area is 185 Å². The second kappa shape index (κ2) is 9.93. The van der Waals surface area contributed by atoms with Crippen LogP contribution in [-0.2, 0) is 14.8 Å². The molecule has 164 valence electrons. The minimum absolute atomic E-state index is 0.0331. The largest absolute Gasteiger partial charge is 0.497 e. The van der Waals surface area contributed by atoms with E-state index in [9.17, 15) is 17.6 Å². The summed E-state index contributed by atoms with van der Waals surface area (Å²) in [6, 6.07) is 15.4. The number of nitrogens with zero attached hydrogens (tertiary/aromatic N) is 1. The number of hydrogen-bond donors (Lipinski definition) is 1. The molecule has 0 radical (unpaired) electrons. The Morgan fingerprint density at radius 1 is 1.13 bits per heavy atom. The van der Waals surface area contributed by atoms with Gasteiger partial charge in [-0.25, -0.2) is 12.8 Å². The highest BCUT2D eigenvalue weighted by Gasteiger charge is 2.30. The molecule has 0 saturated carbocycles. The van der Waals surface area contributed by atoms with E-state index in [1.807, 2.05) is 19.1 Å². The highest BCUT2D eigenvalue weighted by Crippen LogP contribution is 2.28. The molecule has 3 aromatic rings. The third-order valence-corrected chi connectivity index (χ3v) is 7.84. The van der Waals surface area contributed by atoms with Crippen LogP contribution in [0, 0.1) is 5.82 Å². The summed E-state index contributed by atoms with van der Waals surface area (Å²) in [6.07, 6.45) is 0.593. The van der Waals surface area contributed by atoms with Crippen molar-refractivity contribution in [2.75, 3.05) is 18.0 Å². The predicted octanol–water partition coefficient (Wildman–Crippen LogP) is 4.36. The van der Waals surface area contributed by atoms with Crippen LogP contribution in [0.4, 0.5) is 10.1 Å². The third-order valence-electron chi connectivity index (χ3n) is 4.71. The molecule has 0 bridgehead atoms. The fraction of sp³-hybridized carbons (Fsp3) is 0.227. The lowest BCUT2D eigenvalue weighted by molar-refractivity contribution is -0.120. The van der Waals surface area contributed by atoms with Gasteiger partial charge >= 0.3 is 0 Å². The average Bonchev–Trinajstić information content (AvgIpc) is 3.32. The quantitative estimate of drug-likeness (QED) is 0.513. The highest BCUT2D eigenvalue weighted by atomic mass is 32.2. The maximum Gasteiger partial charge on any atom is 0.274 e. The number of anilines is 1. The summed E-state index contributed by atoms with van der Waals surface area (Å²) in [6.45, 7) is 1.36. The second-order valence-electron chi connectivity index (χ2n) is 6.70. The van der Waals surface area contributed by atoms with E-state index in [2.05, 4.69) is 5.32 Å². The molecule has 1 amide bonds. The minimum atomic E-state index is -4.11. The number of rotatable bonds is 9. The van der Waals surface area contributed by atoms with E-state index in [1.54, 1.807) is 30.7 Å². The van der Waals surface area contributed by atoms with Gasteiger partial charge in [0.15, 0.2) is 0 Å². The van der Waals surface area contributed by atoms with E-state index in [0.29, 0.717) is 12.2 Å². The van der Waals surface area contributed by atoms with E-state index in [1.165, 1.54) is 24.3 Å². The fourth-order valence-corrected chi connectivity index (χ4v) is 5.63. The first-order valence-corrected chi connectivity index (χ1v) is 11.9. The number of benzene rings is 2. The Morgan fingerprint density at radius 3 is 2.42 bits per heavy atom. The van der Waals surface area contributed by atoms with Gasteiger partial charge in [-0.15, -0.1) is 11.3 Å². The number of halogens is 1. The van der Waals surface area contributed by atoms with Crippen molar-refractivity contribution in [3.63, 3.8) is 0 Å². The molecule has 0 fully saturated rings. The Balaban J connectivity index is 1.86. The van der Waals surface area contributed by atoms with E-state index in [-0.39, 0.29) is 15.9 Å². The summed E-state index contributed by atoms with van der Waals surface area (Å²) in [4.78, 5) is 12.9. The molecule has 1 unspecified atom stereocenters. The van der Waals surface area contributed by atoms with Crippen molar-refractivity contribution in [1.82, 2.24) is 5.32 Å². The number of ether oxygens (including phenoxy) is 1. The van der Waals surface area contributed by atoms with Crippen LogP contribution >= 0.6 is 11.3 Å². The number of carbonyl (C=O) groups excluding carboxylic acids is 1. The van der Waals surface area contributed by atoms with E-state index < -0.39 is 28.3 Å². The van der Waals surface area contributed by atoms with Crippen LogP contribution in [0.1, 0.15) is 24.9 Å². The number of nitrogens with one attached hydrogen (secondary N) is 1. The average molecular weight is 463 g/mol. The summed E-state index contributed by atoms with van der Waals surface area (Å²) in [5, 5.41) is 4.47. The predicted molar refractivity (Wildman–Crippen MR) is 119 cm³/mol. The summed E-state index contributed by atoms with van der Waals surface area (Å²) >= 11 is 1.01. The van der Waals surface area contributed by atoms with Crippen molar-refractivity contribution in [2.24, 2.45) is 0 Å². The molecule has 9 heteroatoms. The second-order valence-corrected chi connectivity index (χ2v) is 9.73. The monoisotopic (exact) mass is 462 g/mol. The molecule has 0 saturated heterocycles. The SMILES string of the molecule is CCC(NC(=O)CN(c1ccccc1F)S(=O)(=O)c1cccs1)c1ccc(OC)cc1. The van der Waals surface area contributed by atoms with Gasteiger partial charge in [-0.3, -0.25) is 9.10 Å². The molecular weight excluding hydrogens is 439 g/mol. The number of methoxy groups -OCH3 is 1. The first-order chi connectivity index (χ1) is 14.9. The molecule has 6 nitrogen and oxygen atoms in total. The number of sulfonamides is 1. The molecule has 1 heterocycles. The van der Waals surface area contributed by atoms with Crippen molar-refractivity contribution in [3.8, 4) is 5.75 Å². The molecule has 0 aliphatic carbocycles. The number of hydrogen-bond acceptors (Lipinski definition) is 5. The van der Waals surface area contributed by atoms with Gasteiger partial charge in [-0.1, -0.05) is 37.3 Å². The van der Waals surface area contributed by atoms with Gasteiger partial charge in [0.1, 0.15) is 22.3 Å². The zero-order valence-corrected chi connectivity index (χ0v) is 18.8. The van der Waals surface area contributed by atoms with Crippen molar-refractivity contribution in [2.45, 2.75) is 23.6 Å². The molecule has 2 aromatic carbocycles. The first kappa shape index (κ1) is 22.8. The highest BCUT2D eigenvalue weighted by molar-refractivity contribution is 7.94. The zero-order chi connectivity index (χ0) is 22.4. The lowest BCUT2D eigenvalue weighted by Crippen LogP contribution is -2.42. The van der Waals surface area contributed by atoms with Crippen LogP contribution in [0.2, 0.25) is 0 Å². The molecule has 3 rings (SSSR count). The zero-order valence-electron chi connectivity index (χ0n) is 17.1. The van der Waals surface area contributed by atoms with Crippen LogP contribution in [0.5, 0.6) is 5.75 Å². The van der Waals surface area contributed by atoms with Gasteiger partial charge in [-0.05, 0) is 47.7 Å². The molecule has 0 aliphatic rings. The third kappa shape index (κ3) is 5.23. The standard InChI is InChI=1S/C22H23FN2O4S2/c1-3-19(16-10-12-17(29-2)13-11-16)24-21(26)15-25(20-8-5-4-7-18(20)23)31(27,28)22-9-6-14-30-22/h4-14,19H,3,15H2,1-2H3,(H,24,26). The molecule has 0 aliphatic heterocycles. The molecule has 31 heavy (non-hydrogen) atoms. The van der Waals surface area contributed by atoms with Crippen LogP contribution < -0.4 is 14.4 Å². The molecule has 1 aromatic heterocycles. The summed E-state index contributed by atoms with van der Waals surface area (Å²) in [5.41, 5.74) is 0.679. The van der Waals surface area contributed by atoms with Crippen molar-refractivity contribution < 1.29 is 22.3 Å². The number of carbonyl (C=O) groups is 1. The molecular formula is C22H23FN2O4S2. The van der Waals surface area contributed by atoms with E-state index >= 15 is 0 Å². The van der Waals surface area contributed by atoms with Crippen LogP contribution in [-0.4, -0.2) is 28.0 Å². The normalized spacial score (nSPS) is 12.2. The molecule has 0 spiro atoms.